The van der Waals surface area contributed by atoms with Gasteiger partial charge in [-0.05, 0) is 18.1 Å². The summed E-state index contributed by atoms with van der Waals surface area (Å²) in [6.45, 7) is 3.45. The summed E-state index contributed by atoms with van der Waals surface area (Å²) in [4.78, 5) is 0. The number of sulfonamides is 1. The fraction of sp³-hybridized carbons (Fsp3) is 0.556. The molecule has 16 heavy (non-hydrogen) atoms. The summed E-state index contributed by atoms with van der Waals surface area (Å²) < 4.78 is 26.7. The van der Waals surface area contributed by atoms with Crippen LogP contribution in [-0.2, 0) is 10.0 Å². The lowest BCUT2D eigenvalue weighted by Gasteiger charge is -2.19. The Hall–Kier alpha value is -0.140. The van der Waals surface area contributed by atoms with Gasteiger partial charge < -0.3 is 5.11 Å². The van der Waals surface area contributed by atoms with E-state index in [0.717, 1.165) is 11.3 Å². The van der Waals surface area contributed by atoms with Crippen LogP contribution in [0.3, 0.4) is 0 Å². The molecule has 1 heterocycles. The van der Waals surface area contributed by atoms with Crippen LogP contribution in [0.25, 0.3) is 0 Å². The third kappa shape index (κ3) is 3.43. The lowest BCUT2D eigenvalue weighted by molar-refractivity contribution is 0.228. The topological polar surface area (TPSA) is 66.4 Å². The number of hydrogen-bond donors (Lipinski definition) is 2. The summed E-state index contributed by atoms with van der Waals surface area (Å²) in [5.74, 6) is 0.0233. The van der Waals surface area contributed by atoms with Crippen LogP contribution in [0.2, 0.25) is 4.34 Å². The van der Waals surface area contributed by atoms with Crippen molar-refractivity contribution in [2.24, 2.45) is 5.92 Å². The molecule has 1 atom stereocenters. The predicted molar refractivity (Wildman–Crippen MR) is 65.4 cm³/mol. The third-order valence-corrected chi connectivity index (χ3v) is 5.33. The van der Waals surface area contributed by atoms with Gasteiger partial charge in [0.25, 0.3) is 0 Å². The Bertz CT molecular complexity index is 441. The van der Waals surface area contributed by atoms with Crippen molar-refractivity contribution < 1.29 is 13.5 Å². The molecule has 0 fully saturated rings. The molecule has 7 heteroatoms. The standard InChI is InChI=1S/C9H14ClNO3S2/c1-6(2)7(5-12)11-16(13,14)9-4-3-8(10)15-9/h3-4,6-7,11-12H,5H2,1-2H3/t7-/m1/s1. The highest BCUT2D eigenvalue weighted by molar-refractivity contribution is 7.91. The van der Waals surface area contributed by atoms with Crippen LogP contribution >= 0.6 is 22.9 Å². The summed E-state index contributed by atoms with van der Waals surface area (Å²) in [7, 11) is -3.57. The number of aliphatic hydroxyl groups is 1. The molecular formula is C9H14ClNO3S2. The van der Waals surface area contributed by atoms with Crippen molar-refractivity contribution in [2.45, 2.75) is 24.1 Å². The van der Waals surface area contributed by atoms with E-state index in [4.69, 9.17) is 16.7 Å². The number of halogens is 1. The molecular weight excluding hydrogens is 270 g/mol. The molecule has 0 saturated carbocycles. The zero-order valence-electron chi connectivity index (χ0n) is 8.97. The molecule has 1 aromatic rings. The number of hydrogen-bond acceptors (Lipinski definition) is 4. The van der Waals surface area contributed by atoms with Crippen molar-refractivity contribution in [1.29, 1.82) is 0 Å². The van der Waals surface area contributed by atoms with Gasteiger partial charge in [0.1, 0.15) is 4.21 Å². The Labute approximate surface area is 104 Å². The quantitative estimate of drug-likeness (QED) is 0.864. The fourth-order valence-corrected chi connectivity index (χ4v) is 3.96. The Morgan fingerprint density at radius 2 is 2.12 bits per heavy atom. The fourth-order valence-electron chi connectivity index (χ4n) is 1.08. The van der Waals surface area contributed by atoms with E-state index in [-0.39, 0.29) is 16.7 Å². The molecule has 0 aliphatic heterocycles. The van der Waals surface area contributed by atoms with Crippen molar-refractivity contribution in [3.05, 3.63) is 16.5 Å². The molecule has 0 spiro atoms. The first-order chi connectivity index (χ1) is 7.36. The van der Waals surface area contributed by atoms with Gasteiger partial charge in [-0.25, -0.2) is 13.1 Å². The second kappa shape index (κ2) is 5.46. The average Bonchev–Trinajstić information content (AvgIpc) is 2.61. The van der Waals surface area contributed by atoms with E-state index in [2.05, 4.69) is 4.72 Å². The molecule has 0 unspecified atom stereocenters. The molecule has 1 rings (SSSR count). The van der Waals surface area contributed by atoms with Gasteiger partial charge in [-0.3, -0.25) is 0 Å². The van der Waals surface area contributed by atoms with E-state index in [0.29, 0.717) is 4.34 Å². The molecule has 0 aliphatic rings. The van der Waals surface area contributed by atoms with Gasteiger partial charge in [0.15, 0.2) is 0 Å². The molecule has 2 N–H and O–H groups in total. The van der Waals surface area contributed by atoms with Crippen LogP contribution in [0, 0.1) is 5.92 Å². The first kappa shape index (κ1) is 13.9. The first-order valence-electron chi connectivity index (χ1n) is 4.75. The van der Waals surface area contributed by atoms with E-state index in [1.54, 1.807) is 0 Å². The summed E-state index contributed by atoms with van der Waals surface area (Å²) in [5, 5.41) is 9.06. The largest absolute Gasteiger partial charge is 0.395 e. The first-order valence-corrected chi connectivity index (χ1v) is 7.43. The van der Waals surface area contributed by atoms with E-state index in [9.17, 15) is 8.42 Å². The van der Waals surface area contributed by atoms with E-state index in [1.807, 2.05) is 13.8 Å². The van der Waals surface area contributed by atoms with Crippen molar-refractivity contribution in [3.8, 4) is 0 Å². The molecule has 0 amide bonds. The Morgan fingerprint density at radius 1 is 1.50 bits per heavy atom. The van der Waals surface area contributed by atoms with Gasteiger partial charge >= 0.3 is 0 Å². The number of nitrogens with one attached hydrogen (secondary N) is 1. The Balaban J connectivity index is 2.87. The van der Waals surface area contributed by atoms with Gasteiger partial charge in [-0.2, -0.15) is 0 Å². The predicted octanol–water partition coefficient (Wildman–Crippen LogP) is 1.70. The molecule has 0 aliphatic carbocycles. The highest BCUT2D eigenvalue weighted by atomic mass is 35.5. The van der Waals surface area contributed by atoms with Gasteiger partial charge in [-0.1, -0.05) is 25.4 Å². The lowest BCUT2D eigenvalue weighted by atomic mass is 10.1. The average molecular weight is 284 g/mol. The monoisotopic (exact) mass is 283 g/mol. The minimum Gasteiger partial charge on any atom is -0.395 e. The maximum atomic E-state index is 11.8. The van der Waals surface area contributed by atoms with Crippen LogP contribution in [0.1, 0.15) is 13.8 Å². The molecule has 4 nitrogen and oxygen atoms in total. The Morgan fingerprint density at radius 3 is 2.50 bits per heavy atom. The van der Waals surface area contributed by atoms with Crippen LogP contribution in [0.5, 0.6) is 0 Å². The van der Waals surface area contributed by atoms with E-state index >= 15 is 0 Å². The summed E-state index contributed by atoms with van der Waals surface area (Å²) in [6.07, 6.45) is 0. The van der Waals surface area contributed by atoms with Crippen molar-refractivity contribution in [3.63, 3.8) is 0 Å². The second-order valence-electron chi connectivity index (χ2n) is 3.71. The summed E-state index contributed by atoms with van der Waals surface area (Å²) in [6, 6.07) is 2.50. The summed E-state index contributed by atoms with van der Waals surface area (Å²) in [5.41, 5.74) is 0. The van der Waals surface area contributed by atoms with Crippen LogP contribution < -0.4 is 4.72 Å². The van der Waals surface area contributed by atoms with E-state index in [1.165, 1.54) is 12.1 Å². The van der Waals surface area contributed by atoms with Gasteiger partial charge in [-0.15, -0.1) is 11.3 Å². The third-order valence-electron chi connectivity index (χ3n) is 2.12. The molecule has 1 aromatic heterocycles. The SMILES string of the molecule is CC(C)[C@@H](CO)NS(=O)(=O)c1ccc(Cl)s1. The van der Waals surface area contributed by atoms with Crippen LogP contribution in [-0.4, -0.2) is 26.2 Å². The zero-order chi connectivity index (χ0) is 12.3. The lowest BCUT2D eigenvalue weighted by Crippen LogP contribution is -2.40. The van der Waals surface area contributed by atoms with Crippen LogP contribution in [0.4, 0.5) is 0 Å². The Kier molecular flexibility index (Phi) is 4.75. The maximum Gasteiger partial charge on any atom is 0.250 e. The molecule has 0 bridgehead atoms. The maximum absolute atomic E-state index is 11.8. The normalized spacial score (nSPS) is 14.3. The van der Waals surface area contributed by atoms with Crippen molar-refractivity contribution in [1.82, 2.24) is 4.72 Å². The highest BCUT2D eigenvalue weighted by Crippen LogP contribution is 2.25. The molecule has 0 saturated heterocycles. The minimum absolute atomic E-state index is 0.0233. The smallest absolute Gasteiger partial charge is 0.250 e. The van der Waals surface area contributed by atoms with Gasteiger partial charge in [0.05, 0.1) is 10.9 Å². The van der Waals surface area contributed by atoms with E-state index < -0.39 is 16.1 Å². The molecule has 92 valence electrons. The molecule has 0 aromatic carbocycles. The van der Waals surface area contributed by atoms with Crippen LogP contribution in [0.15, 0.2) is 16.3 Å². The minimum atomic E-state index is -3.57. The highest BCUT2D eigenvalue weighted by Gasteiger charge is 2.23. The summed E-state index contributed by atoms with van der Waals surface area (Å²) >= 11 is 6.67. The second-order valence-corrected chi connectivity index (χ2v) is 7.37. The number of rotatable bonds is 5. The van der Waals surface area contributed by atoms with Gasteiger partial charge in [0.2, 0.25) is 10.0 Å². The zero-order valence-corrected chi connectivity index (χ0v) is 11.4. The molecule has 0 radical (unpaired) electrons. The number of thiophene rings is 1. The van der Waals surface area contributed by atoms with Gasteiger partial charge in [0, 0.05) is 6.04 Å². The van der Waals surface area contributed by atoms with Crippen molar-refractivity contribution in [2.75, 3.05) is 6.61 Å². The number of aliphatic hydroxyl groups excluding tert-OH is 1. The van der Waals surface area contributed by atoms with Crippen molar-refractivity contribution >= 4 is 33.0 Å².